The molecule has 0 aliphatic heterocycles. The number of nitriles is 1. The van der Waals surface area contributed by atoms with Crippen molar-refractivity contribution in [2.45, 2.75) is 0 Å². The van der Waals surface area contributed by atoms with E-state index in [0.29, 0.717) is 16.6 Å². The van der Waals surface area contributed by atoms with E-state index in [4.69, 9.17) is 4.42 Å². The molecule has 0 saturated heterocycles. The van der Waals surface area contributed by atoms with Crippen molar-refractivity contribution >= 4 is 21.9 Å². The van der Waals surface area contributed by atoms with Gasteiger partial charge in [0.25, 0.3) is 5.56 Å². The molecule has 0 unspecified atom stereocenters. The fraction of sp³-hybridized carbons (Fsp3) is 0. The summed E-state index contributed by atoms with van der Waals surface area (Å²) in [6, 6.07) is 14.6. The Morgan fingerprint density at radius 2 is 1.91 bits per heavy atom. The van der Waals surface area contributed by atoms with Crippen LogP contribution in [0.15, 0.2) is 62.7 Å². The van der Waals surface area contributed by atoms with Crippen molar-refractivity contribution in [2.24, 2.45) is 0 Å². The number of fused-ring (bicyclic) bond motifs is 2. The second-order valence-corrected chi connectivity index (χ2v) is 5.07. The molecule has 0 saturated carbocycles. The van der Waals surface area contributed by atoms with Crippen LogP contribution in [0.4, 0.5) is 0 Å². The third-order valence-electron chi connectivity index (χ3n) is 3.74. The second kappa shape index (κ2) is 4.71. The number of hydrogen-bond donors (Lipinski definition) is 1. The molecule has 1 N–H and O–H groups in total. The van der Waals surface area contributed by atoms with Crippen LogP contribution < -0.4 is 11.3 Å². The third-order valence-corrected chi connectivity index (χ3v) is 3.74. The predicted octanol–water partition coefficient (Wildman–Crippen LogP) is 2.30. The maximum Gasteiger partial charge on any atom is 0.419 e. The summed E-state index contributed by atoms with van der Waals surface area (Å²) in [5.74, 6) is -0.797. The van der Waals surface area contributed by atoms with E-state index < -0.39 is 11.3 Å². The van der Waals surface area contributed by atoms with Crippen molar-refractivity contribution in [1.82, 2.24) is 9.55 Å². The molecule has 23 heavy (non-hydrogen) atoms. The molecule has 4 rings (SSSR count). The van der Waals surface area contributed by atoms with E-state index >= 15 is 0 Å². The first kappa shape index (κ1) is 13.1. The number of para-hydroxylation sites is 1. The van der Waals surface area contributed by atoms with Crippen LogP contribution in [0, 0.1) is 11.3 Å². The number of rotatable bonds is 1. The van der Waals surface area contributed by atoms with E-state index in [9.17, 15) is 14.9 Å². The molecule has 0 atom stereocenters. The highest BCUT2D eigenvalue weighted by atomic mass is 16.4. The van der Waals surface area contributed by atoms with Crippen LogP contribution in [0.5, 0.6) is 0 Å². The van der Waals surface area contributed by atoms with Gasteiger partial charge >= 0.3 is 5.76 Å². The summed E-state index contributed by atoms with van der Waals surface area (Å²) < 4.78 is 6.89. The molecule has 6 heteroatoms. The SMILES string of the molecule is N#Cc1cn(-c2ccc3c(=O)[nH]c(=O)oc3c2)c2ccccc12. The highest BCUT2D eigenvalue weighted by Gasteiger charge is 2.11. The molecular formula is C17H9N3O3. The number of hydrogen-bond acceptors (Lipinski definition) is 4. The Hall–Kier alpha value is -3.59. The van der Waals surface area contributed by atoms with Gasteiger partial charge < -0.3 is 8.98 Å². The van der Waals surface area contributed by atoms with E-state index in [1.54, 1.807) is 24.4 Å². The van der Waals surface area contributed by atoms with Gasteiger partial charge in [0, 0.05) is 23.3 Å². The van der Waals surface area contributed by atoms with Gasteiger partial charge in [0.2, 0.25) is 0 Å². The summed E-state index contributed by atoms with van der Waals surface area (Å²) in [6.45, 7) is 0. The van der Waals surface area contributed by atoms with Crippen molar-refractivity contribution in [3.8, 4) is 11.8 Å². The van der Waals surface area contributed by atoms with Crippen LogP contribution in [0.3, 0.4) is 0 Å². The van der Waals surface area contributed by atoms with Gasteiger partial charge in [-0.3, -0.25) is 9.78 Å². The van der Waals surface area contributed by atoms with Gasteiger partial charge in [0.15, 0.2) is 0 Å². The molecule has 2 heterocycles. The molecule has 6 nitrogen and oxygen atoms in total. The Morgan fingerprint density at radius 1 is 1.09 bits per heavy atom. The van der Waals surface area contributed by atoms with Gasteiger partial charge in [-0.05, 0) is 18.2 Å². The van der Waals surface area contributed by atoms with E-state index in [1.165, 1.54) is 0 Å². The predicted molar refractivity (Wildman–Crippen MR) is 84.7 cm³/mol. The maximum absolute atomic E-state index is 11.7. The van der Waals surface area contributed by atoms with Crippen molar-refractivity contribution in [2.75, 3.05) is 0 Å². The van der Waals surface area contributed by atoms with Crippen LogP contribution in [-0.2, 0) is 0 Å². The highest BCUT2D eigenvalue weighted by Crippen LogP contribution is 2.25. The summed E-state index contributed by atoms with van der Waals surface area (Å²) >= 11 is 0. The Bertz CT molecular complexity index is 1220. The zero-order valence-electron chi connectivity index (χ0n) is 11.7. The van der Waals surface area contributed by atoms with Gasteiger partial charge in [0.1, 0.15) is 11.7 Å². The van der Waals surface area contributed by atoms with E-state index in [0.717, 1.165) is 10.9 Å². The average molecular weight is 303 g/mol. The molecule has 0 aliphatic carbocycles. The summed E-state index contributed by atoms with van der Waals surface area (Å²) in [6.07, 6.45) is 1.72. The number of aromatic nitrogens is 2. The molecule has 110 valence electrons. The normalized spacial score (nSPS) is 10.9. The number of nitrogens with zero attached hydrogens (tertiary/aromatic N) is 2. The zero-order valence-corrected chi connectivity index (χ0v) is 11.7. The smallest absolute Gasteiger partial charge is 0.409 e. The fourth-order valence-corrected chi connectivity index (χ4v) is 2.70. The third kappa shape index (κ3) is 1.95. The molecule has 2 aromatic carbocycles. The summed E-state index contributed by atoms with van der Waals surface area (Å²) in [5, 5.41) is 10.4. The molecular weight excluding hydrogens is 294 g/mol. The number of aromatic amines is 1. The Balaban J connectivity index is 2.06. The molecule has 4 aromatic rings. The Labute approximate surface area is 128 Å². The van der Waals surface area contributed by atoms with Gasteiger partial charge in [-0.15, -0.1) is 0 Å². The lowest BCUT2D eigenvalue weighted by molar-refractivity contribution is 0.528. The molecule has 0 aliphatic rings. The molecule has 2 aromatic heterocycles. The minimum atomic E-state index is -0.797. The van der Waals surface area contributed by atoms with Crippen molar-refractivity contribution < 1.29 is 4.42 Å². The minimum Gasteiger partial charge on any atom is -0.409 e. The maximum atomic E-state index is 11.7. The molecule has 0 radical (unpaired) electrons. The zero-order chi connectivity index (χ0) is 16.0. The van der Waals surface area contributed by atoms with Gasteiger partial charge in [-0.25, -0.2) is 4.79 Å². The minimum absolute atomic E-state index is 0.201. The van der Waals surface area contributed by atoms with E-state index in [2.05, 4.69) is 11.1 Å². The van der Waals surface area contributed by atoms with Gasteiger partial charge in [0.05, 0.1) is 16.5 Å². The molecule has 0 fully saturated rings. The number of H-pyrrole nitrogens is 1. The van der Waals surface area contributed by atoms with Crippen LogP contribution in [0.2, 0.25) is 0 Å². The van der Waals surface area contributed by atoms with E-state index in [1.807, 2.05) is 28.8 Å². The second-order valence-electron chi connectivity index (χ2n) is 5.07. The average Bonchev–Trinajstić information content (AvgIpc) is 2.93. The van der Waals surface area contributed by atoms with Crippen LogP contribution in [0.25, 0.3) is 27.6 Å². The Morgan fingerprint density at radius 3 is 2.74 bits per heavy atom. The lowest BCUT2D eigenvalue weighted by Crippen LogP contribution is -2.18. The van der Waals surface area contributed by atoms with Crippen molar-refractivity contribution in [3.05, 3.63) is 75.1 Å². The first-order valence-corrected chi connectivity index (χ1v) is 6.85. The molecule has 0 amide bonds. The summed E-state index contributed by atoms with van der Waals surface area (Å²) in [5.41, 5.74) is 1.82. The quantitative estimate of drug-likeness (QED) is 0.584. The lowest BCUT2D eigenvalue weighted by atomic mass is 10.2. The number of nitrogens with one attached hydrogen (secondary N) is 1. The van der Waals surface area contributed by atoms with Crippen LogP contribution in [0.1, 0.15) is 5.56 Å². The Kier molecular flexibility index (Phi) is 2.68. The largest absolute Gasteiger partial charge is 0.419 e. The van der Waals surface area contributed by atoms with Gasteiger partial charge in [-0.1, -0.05) is 18.2 Å². The molecule has 0 spiro atoms. The fourth-order valence-electron chi connectivity index (χ4n) is 2.70. The van der Waals surface area contributed by atoms with Gasteiger partial charge in [-0.2, -0.15) is 5.26 Å². The van der Waals surface area contributed by atoms with Crippen molar-refractivity contribution in [3.63, 3.8) is 0 Å². The summed E-state index contributed by atoms with van der Waals surface area (Å²) in [7, 11) is 0. The standard InChI is InChI=1S/C17H9N3O3/c18-8-10-9-20(14-4-2-1-3-12(10)14)11-5-6-13-15(7-11)23-17(22)19-16(13)21/h1-7,9H,(H,19,21,22). The number of benzene rings is 2. The van der Waals surface area contributed by atoms with E-state index in [-0.39, 0.29) is 5.58 Å². The first-order chi connectivity index (χ1) is 11.2. The highest BCUT2D eigenvalue weighted by molar-refractivity contribution is 5.88. The topological polar surface area (TPSA) is 91.8 Å². The monoisotopic (exact) mass is 303 g/mol. The summed E-state index contributed by atoms with van der Waals surface area (Å²) in [4.78, 5) is 25.2. The molecule has 0 bridgehead atoms. The van der Waals surface area contributed by atoms with Crippen molar-refractivity contribution in [1.29, 1.82) is 5.26 Å². The van der Waals surface area contributed by atoms with Crippen LogP contribution >= 0.6 is 0 Å². The lowest BCUT2D eigenvalue weighted by Gasteiger charge is -2.05. The first-order valence-electron chi connectivity index (χ1n) is 6.85. The van der Waals surface area contributed by atoms with Crippen LogP contribution in [-0.4, -0.2) is 9.55 Å².